The Morgan fingerprint density at radius 2 is 2.09 bits per heavy atom. The van der Waals surface area contributed by atoms with Crippen molar-refractivity contribution < 1.29 is 31.5 Å². The van der Waals surface area contributed by atoms with Crippen molar-refractivity contribution in [2.75, 3.05) is 12.0 Å². The Morgan fingerprint density at radius 1 is 1.31 bits per heavy atom. The van der Waals surface area contributed by atoms with E-state index in [1.807, 2.05) is 0 Å². The fraction of sp³-hybridized carbons (Fsp3) is 0.440. The molecule has 1 aliphatic rings. The molecule has 35 heavy (non-hydrogen) atoms. The number of aromatic hydroxyl groups is 1. The first-order valence-corrected chi connectivity index (χ1v) is 13.5. The van der Waals surface area contributed by atoms with Gasteiger partial charge in [0.2, 0.25) is 5.88 Å². The van der Waals surface area contributed by atoms with Crippen molar-refractivity contribution in [1.29, 1.82) is 0 Å². The van der Waals surface area contributed by atoms with Crippen LogP contribution < -0.4 is 0 Å². The summed E-state index contributed by atoms with van der Waals surface area (Å²) in [5.74, 6) is -4.68. The third-order valence-electron chi connectivity index (χ3n) is 6.58. The zero-order valence-corrected chi connectivity index (χ0v) is 20.2. The van der Waals surface area contributed by atoms with E-state index in [2.05, 4.69) is 11.6 Å². The van der Waals surface area contributed by atoms with Crippen LogP contribution in [0.4, 0.5) is 8.78 Å². The van der Waals surface area contributed by atoms with Crippen LogP contribution in [-0.4, -0.2) is 40.7 Å². The highest BCUT2D eigenvalue weighted by molar-refractivity contribution is 7.90. The molecule has 0 bridgehead atoms. The number of halogens is 2. The van der Waals surface area contributed by atoms with Crippen LogP contribution in [0.15, 0.2) is 47.9 Å². The molecular weight excluding hydrogens is 478 g/mol. The summed E-state index contributed by atoms with van der Waals surface area (Å²) >= 11 is 0. The number of nitrogens with zero attached hydrogens (tertiary/aromatic N) is 2. The number of pyridine rings is 1. The van der Waals surface area contributed by atoms with Crippen molar-refractivity contribution in [3.05, 3.63) is 54.8 Å². The molecule has 0 radical (unpaired) electrons. The highest BCUT2D eigenvalue weighted by atomic mass is 32.2. The van der Waals surface area contributed by atoms with Crippen molar-refractivity contribution in [2.45, 2.75) is 44.4 Å². The van der Waals surface area contributed by atoms with Gasteiger partial charge in [0.15, 0.2) is 11.5 Å². The monoisotopic (exact) mass is 506 g/mol. The normalized spacial score (nSPS) is 19.5. The minimum atomic E-state index is -3.33. The van der Waals surface area contributed by atoms with Crippen LogP contribution in [0.2, 0.25) is 0 Å². The molecule has 1 N–H and O–H groups in total. The van der Waals surface area contributed by atoms with E-state index >= 15 is 8.78 Å². The molecular formula is C25H28F2N2O5S. The van der Waals surface area contributed by atoms with E-state index in [0.29, 0.717) is 43.2 Å². The number of carbonyl (C=O) groups excluding carboxylic acids is 1. The minimum Gasteiger partial charge on any atom is -0.493 e. The molecule has 3 aromatic heterocycles. The lowest BCUT2D eigenvalue weighted by Gasteiger charge is -2.16. The Morgan fingerprint density at radius 3 is 2.74 bits per heavy atom. The number of hydrogen-bond donors (Lipinski definition) is 1. The number of fused-ring (bicyclic) bond motifs is 1. The number of rotatable bonds is 8. The quantitative estimate of drug-likeness (QED) is 0.250. The van der Waals surface area contributed by atoms with Gasteiger partial charge in [-0.3, -0.25) is 9.20 Å². The molecule has 10 heteroatoms. The molecule has 3 heterocycles. The highest BCUT2D eigenvalue weighted by Gasteiger charge is 2.36. The summed E-state index contributed by atoms with van der Waals surface area (Å²) in [6.45, 7) is 3.41. The Bertz CT molecular complexity index is 1350. The number of allylic oxidation sites excluding steroid dienone is 1. The number of Topliss-reactive ketones (excluding diaryl/α,β-unsaturated/α-hetero) is 1. The summed E-state index contributed by atoms with van der Waals surface area (Å²) in [5.41, 5.74) is 0.0172. The fourth-order valence-corrected chi connectivity index (χ4v) is 6.06. The predicted molar refractivity (Wildman–Crippen MR) is 127 cm³/mol. The van der Waals surface area contributed by atoms with Crippen LogP contribution >= 0.6 is 0 Å². The zero-order valence-electron chi connectivity index (χ0n) is 19.4. The van der Waals surface area contributed by atoms with Gasteiger partial charge < -0.3 is 9.52 Å². The van der Waals surface area contributed by atoms with E-state index < -0.39 is 45.3 Å². The molecule has 188 valence electrons. The molecule has 1 fully saturated rings. The second-order valence-corrected chi connectivity index (χ2v) is 11.5. The topological polar surface area (TPSA) is 102 Å². The zero-order chi connectivity index (χ0) is 25.4. The van der Waals surface area contributed by atoms with Crippen LogP contribution in [0.3, 0.4) is 0 Å². The average molecular weight is 507 g/mol. The van der Waals surface area contributed by atoms with E-state index in [1.165, 1.54) is 31.0 Å². The predicted octanol–water partition coefficient (Wildman–Crippen LogP) is 5.39. The van der Waals surface area contributed by atoms with Gasteiger partial charge in [-0.25, -0.2) is 22.2 Å². The molecule has 4 rings (SSSR count). The largest absolute Gasteiger partial charge is 0.493 e. The van der Waals surface area contributed by atoms with Crippen LogP contribution in [0.1, 0.15) is 54.6 Å². The van der Waals surface area contributed by atoms with E-state index in [4.69, 9.17) is 4.42 Å². The molecule has 7 nitrogen and oxygen atoms in total. The van der Waals surface area contributed by atoms with Crippen LogP contribution in [-0.2, 0) is 15.8 Å². The van der Waals surface area contributed by atoms with Crippen LogP contribution in [0.5, 0.6) is 5.88 Å². The minimum absolute atomic E-state index is 0.0285. The first-order valence-electron chi connectivity index (χ1n) is 11.5. The van der Waals surface area contributed by atoms with Crippen molar-refractivity contribution >= 4 is 21.3 Å². The molecule has 0 aromatic carbocycles. The fourth-order valence-electron chi connectivity index (χ4n) is 4.87. The molecule has 0 spiro atoms. The maximum absolute atomic E-state index is 15.1. The first kappa shape index (κ1) is 25.1. The van der Waals surface area contributed by atoms with Gasteiger partial charge in [0.05, 0.1) is 23.8 Å². The number of sulfone groups is 1. The SMILES string of the molecule is C=CCC(F)(F)c1cc(-c2ccoc2)cn2c(O)c(C(=O)C3CCCC(CS(C)(=O)=O)CC3)nc12. The molecule has 1 saturated carbocycles. The maximum atomic E-state index is 15.1. The standard InChI is InChI=1S/C25H28F2N2O5S/c1-3-10-25(26,27)20-12-19(18-9-11-34-14-18)13-29-23(20)28-21(24(29)31)22(30)17-6-4-5-16(7-8-17)15-35(2,32)33/h3,9,11-14,16-17,31H,1,4-8,10,15H2,2H3. The number of alkyl halides is 2. The van der Waals surface area contributed by atoms with Crippen molar-refractivity contribution in [1.82, 2.24) is 9.38 Å². The third-order valence-corrected chi connectivity index (χ3v) is 7.65. The van der Waals surface area contributed by atoms with Gasteiger partial charge in [-0.2, -0.15) is 0 Å². The molecule has 2 atom stereocenters. The summed E-state index contributed by atoms with van der Waals surface area (Å²) < 4.78 is 59.7. The van der Waals surface area contributed by atoms with E-state index in [0.717, 1.165) is 10.5 Å². The Labute approximate surface area is 202 Å². The lowest BCUT2D eigenvalue weighted by atomic mass is 9.93. The third kappa shape index (κ3) is 5.32. The number of imidazole rings is 1. The molecule has 2 unspecified atom stereocenters. The average Bonchev–Trinajstić information content (AvgIpc) is 3.36. The van der Waals surface area contributed by atoms with Gasteiger partial charge >= 0.3 is 0 Å². The molecule has 3 aromatic rings. The van der Waals surface area contributed by atoms with Crippen molar-refractivity contribution in [3.8, 4) is 17.0 Å². The summed E-state index contributed by atoms with van der Waals surface area (Å²) in [4.78, 5) is 17.6. The lowest BCUT2D eigenvalue weighted by Crippen LogP contribution is -2.17. The van der Waals surface area contributed by atoms with Crippen LogP contribution in [0, 0.1) is 11.8 Å². The van der Waals surface area contributed by atoms with Crippen molar-refractivity contribution in [3.63, 3.8) is 0 Å². The number of ketones is 1. The summed E-state index contributed by atoms with van der Waals surface area (Å²) in [5, 5.41) is 10.9. The smallest absolute Gasteiger partial charge is 0.280 e. The Hall–Kier alpha value is -3.01. The Balaban J connectivity index is 1.73. The second-order valence-electron chi connectivity index (χ2n) is 9.36. The summed E-state index contributed by atoms with van der Waals surface area (Å²) in [6.07, 6.45) is 8.81. The summed E-state index contributed by atoms with van der Waals surface area (Å²) in [7, 11) is -3.13. The van der Waals surface area contributed by atoms with Gasteiger partial charge in [-0.05, 0) is 43.7 Å². The number of hydrogen-bond acceptors (Lipinski definition) is 6. The molecule has 0 saturated heterocycles. The van der Waals surface area contributed by atoms with Gasteiger partial charge in [0.1, 0.15) is 15.5 Å². The summed E-state index contributed by atoms with van der Waals surface area (Å²) in [6, 6.07) is 2.89. The molecule has 1 aliphatic carbocycles. The van der Waals surface area contributed by atoms with Gasteiger partial charge in [0, 0.05) is 35.9 Å². The van der Waals surface area contributed by atoms with E-state index in [1.54, 1.807) is 6.07 Å². The van der Waals surface area contributed by atoms with Gasteiger partial charge in [0.25, 0.3) is 5.92 Å². The molecule has 0 amide bonds. The number of furan rings is 1. The van der Waals surface area contributed by atoms with E-state index in [9.17, 15) is 18.3 Å². The number of carbonyl (C=O) groups is 1. The van der Waals surface area contributed by atoms with Crippen LogP contribution in [0.25, 0.3) is 16.8 Å². The number of aromatic nitrogens is 2. The Kier molecular flexibility index (Phi) is 6.86. The van der Waals surface area contributed by atoms with Crippen molar-refractivity contribution in [2.24, 2.45) is 11.8 Å². The first-order chi connectivity index (χ1) is 16.5. The van der Waals surface area contributed by atoms with Gasteiger partial charge in [-0.15, -0.1) is 6.58 Å². The lowest BCUT2D eigenvalue weighted by molar-refractivity contribution is 0.000225. The van der Waals surface area contributed by atoms with Gasteiger partial charge in [-0.1, -0.05) is 12.5 Å². The van der Waals surface area contributed by atoms with E-state index in [-0.39, 0.29) is 23.0 Å². The highest BCUT2D eigenvalue weighted by Crippen LogP contribution is 2.40. The maximum Gasteiger partial charge on any atom is 0.280 e. The molecule has 0 aliphatic heterocycles. The second kappa shape index (κ2) is 9.56.